The number of carbonyl (C=O) groups excluding carboxylic acids is 2. The quantitative estimate of drug-likeness (QED) is 0.582. The molecule has 2 amide bonds. The van der Waals surface area contributed by atoms with Crippen LogP contribution in [-0.2, 0) is 14.8 Å². The van der Waals surface area contributed by atoms with Gasteiger partial charge in [0.2, 0.25) is 15.9 Å². The van der Waals surface area contributed by atoms with Crippen molar-refractivity contribution in [1.82, 2.24) is 15.6 Å². The van der Waals surface area contributed by atoms with E-state index in [0.29, 0.717) is 10.0 Å². The van der Waals surface area contributed by atoms with Gasteiger partial charge in [-0.15, -0.1) is 0 Å². The smallest absolute Gasteiger partial charge is 0.270 e. The highest BCUT2D eigenvalue weighted by molar-refractivity contribution is 9.10. The fraction of sp³-hybridized carbons (Fsp3) is 0.222. The molecule has 2 rings (SSSR count). The number of amides is 2. The maximum atomic E-state index is 12.2. The molecule has 0 unspecified atom stereocenters. The number of hydrogen-bond donors (Lipinski definition) is 3. The lowest BCUT2D eigenvalue weighted by atomic mass is 10.1. The summed E-state index contributed by atoms with van der Waals surface area (Å²) in [5.74, 6) is -0.996. The Kier molecular flexibility index (Phi) is 7.11. The summed E-state index contributed by atoms with van der Waals surface area (Å²) in [6.45, 7) is 3.63. The topological polar surface area (TPSA) is 104 Å². The summed E-state index contributed by atoms with van der Waals surface area (Å²) in [4.78, 5) is 23.9. The van der Waals surface area contributed by atoms with E-state index < -0.39 is 21.8 Å². The van der Waals surface area contributed by atoms with Crippen molar-refractivity contribution < 1.29 is 18.0 Å². The van der Waals surface area contributed by atoms with E-state index in [1.54, 1.807) is 36.4 Å². The fourth-order valence-electron chi connectivity index (χ4n) is 2.16. The van der Waals surface area contributed by atoms with Crippen LogP contribution in [0.15, 0.2) is 51.8 Å². The lowest BCUT2D eigenvalue weighted by Crippen LogP contribution is -2.42. The van der Waals surface area contributed by atoms with Crippen LogP contribution in [0.25, 0.3) is 0 Å². The van der Waals surface area contributed by atoms with E-state index in [9.17, 15) is 18.0 Å². The Morgan fingerprint density at radius 1 is 1.00 bits per heavy atom. The summed E-state index contributed by atoms with van der Waals surface area (Å²) < 4.78 is 27.5. The van der Waals surface area contributed by atoms with E-state index in [4.69, 9.17) is 0 Å². The average Bonchev–Trinajstić information content (AvgIpc) is 2.62. The Morgan fingerprint density at radius 2 is 1.70 bits per heavy atom. The second-order valence-electron chi connectivity index (χ2n) is 5.88. The lowest BCUT2D eigenvalue weighted by Gasteiger charge is -2.10. The number of halogens is 1. The van der Waals surface area contributed by atoms with Crippen LogP contribution in [0.2, 0.25) is 0 Å². The first-order valence-corrected chi connectivity index (χ1v) is 10.4. The van der Waals surface area contributed by atoms with Gasteiger partial charge in [0, 0.05) is 17.4 Å². The van der Waals surface area contributed by atoms with E-state index in [2.05, 4.69) is 31.5 Å². The number of benzene rings is 2. The molecule has 2 aromatic carbocycles. The van der Waals surface area contributed by atoms with Gasteiger partial charge in [0.15, 0.2) is 0 Å². The zero-order chi connectivity index (χ0) is 20.0. The maximum Gasteiger partial charge on any atom is 0.270 e. The van der Waals surface area contributed by atoms with Gasteiger partial charge >= 0.3 is 0 Å². The second-order valence-corrected chi connectivity index (χ2v) is 8.50. The molecule has 3 N–H and O–H groups in total. The average molecular weight is 454 g/mol. The van der Waals surface area contributed by atoms with Crippen LogP contribution in [0.4, 0.5) is 0 Å². The van der Waals surface area contributed by atoms with Gasteiger partial charge < -0.3 is 0 Å². The molecule has 0 spiro atoms. The summed E-state index contributed by atoms with van der Waals surface area (Å²) in [6.07, 6.45) is -0.125. The first-order valence-electron chi connectivity index (χ1n) is 8.11. The van der Waals surface area contributed by atoms with E-state index in [0.717, 1.165) is 11.1 Å². The highest BCUT2D eigenvalue weighted by Crippen LogP contribution is 2.15. The van der Waals surface area contributed by atoms with Crippen LogP contribution in [0.3, 0.4) is 0 Å². The SMILES string of the molecule is Cc1ccc(S(=O)(=O)NCCC(=O)NNC(=O)c2ccccc2Br)cc1C. The van der Waals surface area contributed by atoms with Gasteiger partial charge in [-0.25, -0.2) is 13.1 Å². The molecule has 0 aliphatic carbocycles. The van der Waals surface area contributed by atoms with Gasteiger partial charge in [-0.05, 0) is 65.2 Å². The predicted octanol–water partition coefficient (Wildman–Crippen LogP) is 2.20. The molecule has 27 heavy (non-hydrogen) atoms. The number of carbonyl (C=O) groups is 2. The molecule has 0 atom stereocenters. The molecule has 0 aliphatic heterocycles. The van der Waals surface area contributed by atoms with Gasteiger partial charge in [-0.2, -0.15) is 0 Å². The van der Waals surface area contributed by atoms with Crippen molar-refractivity contribution >= 4 is 37.8 Å². The van der Waals surface area contributed by atoms with Gasteiger partial charge in [-0.1, -0.05) is 18.2 Å². The number of sulfonamides is 1. The van der Waals surface area contributed by atoms with Crippen molar-refractivity contribution in [2.75, 3.05) is 6.54 Å². The van der Waals surface area contributed by atoms with Crippen molar-refractivity contribution in [3.05, 3.63) is 63.6 Å². The highest BCUT2D eigenvalue weighted by atomic mass is 79.9. The maximum absolute atomic E-state index is 12.2. The normalized spacial score (nSPS) is 11.1. The van der Waals surface area contributed by atoms with E-state index in [-0.39, 0.29) is 17.9 Å². The molecule has 144 valence electrons. The molecule has 0 fully saturated rings. The fourth-order valence-corrected chi connectivity index (χ4v) is 3.75. The molecule has 0 heterocycles. The first kappa shape index (κ1) is 21.1. The van der Waals surface area contributed by atoms with Crippen LogP contribution in [-0.4, -0.2) is 26.8 Å². The minimum absolute atomic E-state index is 0.0913. The molecule has 0 aliphatic rings. The van der Waals surface area contributed by atoms with Crippen LogP contribution < -0.4 is 15.6 Å². The number of hydrogen-bond acceptors (Lipinski definition) is 4. The Bertz CT molecular complexity index is 961. The minimum atomic E-state index is -3.70. The van der Waals surface area contributed by atoms with Crippen LogP contribution in [0.1, 0.15) is 27.9 Å². The molecule has 0 saturated carbocycles. The van der Waals surface area contributed by atoms with Crippen molar-refractivity contribution in [3.8, 4) is 0 Å². The minimum Gasteiger partial charge on any atom is -0.273 e. The van der Waals surface area contributed by atoms with E-state index >= 15 is 0 Å². The largest absolute Gasteiger partial charge is 0.273 e. The molecule has 7 nitrogen and oxygen atoms in total. The van der Waals surface area contributed by atoms with E-state index in [1.165, 1.54) is 6.07 Å². The van der Waals surface area contributed by atoms with Gasteiger partial charge in [0.25, 0.3) is 5.91 Å². The Balaban J connectivity index is 1.82. The van der Waals surface area contributed by atoms with Crippen molar-refractivity contribution in [2.24, 2.45) is 0 Å². The monoisotopic (exact) mass is 453 g/mol. The lowest BCUT2D eigenvalue weighted by molar-refractivity contribution is -0.121. The van der Waals surface area contributed by atoms with E-state index in [1.807, 2.05) is 13.8 Å². The van der Waals surface area contributed by atoms with Gasteiger partial charge in [0.1, 0.15) is 0 Å². The van der Waals surface area contributed by atoms with Gasteiger partial charge in [0.05, 0.1) is 10.5 Å². The number of aryl methyl sites for hydroxylation is 2. The molecule has 0 radical (unpaired) electrons. The second kappa shape index (κ2) is 9.12. The van der Waals surface area contributed by atoms with Crippen LogP contribution in [0.5, 0.6) is 0 Å². The third kappa shape index (κ3) is 5.88. The standard InChI is InChI=1S/C18H20BrN3O4S/c1-12-7-8-14(11-13(12)2)27(25,26)20-10-9-17(23)21-22-18(24)15-5-3-4-6-16(15)19/h3-8,11,20H,9-10H2,1-2H3,(H,21,23)(H,22,24). The summed E-state index contributed by atoms with van der Waals surface area (Å²) in [5.41, 5.74) is 6.77. The van der Waals surface area contributed by atoms with Crippen molar-refractivity contribution in [1.29, 1.82) is 0 Å². The van der Waals surface area contributed by atoms with Crippen LogP contribution >= 0.6 is 15.9 Å². The molecule has 9 heteroatoms. The van der Waals surface area contributed by atoms with Gasteiger partial charge in [-0.3, -0.25) is 20.4 Å². The Labute approximate surface area is 166 Å². The molecule has 0 bridgehead atoms. The molecular weight excluding hydrogens is 434 g/mol. The third-order valence-electron chi connectivity index (χ3n) is 3.87. The summed E-state index contributed by atoms with van der Waals surface area (Å²) in [5, 5.41) is 0. The number of nitrogens with one attached hydrogen (secondary N) is 3. The van der Waals surface area contributed by atoms with Crippen molar-refractivity contribution in [2.45, 2.75) is 25.2 Å². The highest BCUT2D eigenvalue weighted by Gasteiger charge is 2.15. The summed E-state index contributed by atoms with van der Waals surface area (Å²) >= 11 is 3.25. The van der Waals surface area contributed by atoms with Crippen LogP contribution in [0, 0.1) is 13.8 Å². The zero-order valence-corrected chi connectivity index (χ0v) is 17.3. The predicted molar refractivity (Wildman–Crippen MR) is 105 cm³/mol. The van der Waals surface area contributed by atoms with Crippen molar-refractivity contribution in [3.63, 3.8) is 0 Å². The molecule has 0 aromatic heterocycles. The molecule has 2 aromatic rings. The number of rotatable bonds is 6. The number of hydrazine groups is 1. The summed E-state index contributed by atoms with van der Waals surface area (Å²) in [6, 6.07) is 11.6. The first-order chi connectivity index (χ1) is 12.7. The Morgan fingerprint density at radius 3 is 2.37 bits per heavy atom. The molecular formula is C18H20BrN3O4S. The summed E-state index contributed by atoms with van der Waals surface area (Å²) in [7, 11) is -3.70. The third-order valence-corrected chi connectivity index (χ3v) is 6.02. The Hall–Kier alpha value is -2.23. The zero-order valence-electron chi connectivity index (χ0n) is 14.9. The molecule has 0 saturated heterocycles.